The molecule has 0 bridgehead atoms. The maximum Gasteiger partial charge on any atom is 0.253 e. The van der Waals surface area contributed by atoms with Gasteiger partial charge in [0.15, 0.2) is 5.11 Å². The lowest BCUT2D eigenvalue weighted by Crippen LogP contribution is -2.48. The van der Waals surface area contributed by atoms with Crippen LogP contribution < -0.4 is 5.32 Å². The highest BCUT2D eigenvalue weighted by Crippen LogP contribution is 2.35. The van der Waals surface area contributed by atoms with E-state index in [0.717, 1.165) is 11.3 Å². The molecule has 1 aromatic rings. The van der Waals surface area contributed by atoms with E-state index in [2.05, 4.69) is 5.32 Å². The van der Waals surface area contributed by atoms with Gasteiger partial charge in [0, 0.05) is 35.9 Å². The minimum Gasteiger partial charge on any atom is -0.351 e. The predicted octanol–water partition coefficient (Wildman–Crippen LogP) is 4.00. The first-order valence-electron chi connectivity index (χ1n) is 7.80. The molecule has 0 saturated heterocycles. The first-order valence-corrected chi connectivity index (χ1v) is 8.97. The quantitative estimate of drug-likeness (QED) is 0.794. The Hall–Kier alpha value is -1.30. The molecule has 1 aliphatic rings. The number of nitrogens with zero attached hydrogens (tertiary/aromatic N) is 2. The second-order valence-electron chi connectivity index (χ2n) is 5.58. The zero-order chi connectivity index (χ0) is 18.0. The molecule has 1 N–H and O–H groups in total. The molecule has 1 amide bonds. The summed E-state index contributed by atoms with van der Waals surface area (Å²) in [4.78, 5) is 16.7. The molecule has 0 spiro atoms. The number of carbonyl (C=O) groups excluding carboxylic acids is 1. The third-order valence-electron chi connectivity index (χ3n) is 4.31. The Bertz CT molecular complexity index is 701. The van der Waals surface area contributed by atoms with Crippen LogP contribution in [0.15, 0.2) is 29.5 Å². The predicted molar refractivity (Wildman–Crippen MR) is 103 cm³/mol. The summed E-state index contributed by atoms with van der Waals surface area (Å²) in [6, 6.07) is 4.88. The Morgan fingerprint density at radius 2 is 1.96 bits per heavy atom. The number of halogens is 2. The summed E-state index contributed by atoms with van der Waals surface area (Å²) in [6.07, 6.45) is 0. The number of amides is 1. The summed E-state index contributed by atoms with van der Waals surface area (Å²) in [7, 11) is 1.85. The molecule has 1 aromatic carbocycles. The van der Waals surface area contributed by atoms with Crippen LogP contribution in [-0.4, -0.2) is 41.0 Å². The highest BCUT2D eigenvalue weighted by atomic mass is 35.5. The summed E-state index contributed by atoms with van der Waals surface area (Å²) in [5.41, 5.74) is 2.26. The molecule has 1 heterocycles. The fraction of sp³-hybridized carbons (Fsp3) is 0.412. The van der Waals surface area contributed by atoms with Crippen LogP contribution in [0.1, 0.15) is 32.4 Å². The molecule has 130 valence electrons. The Balaban J connectivity index is 2.59. The Morgan fingerprint density at radius 3 is 2.50 bits per heavy atom. The highest BCUT2D eigenvalue weighted by molar-refractivity contribution is 7.80. The first-order chi connectivity index (χ1) is 11.3. The van der Waals surface area contributed by atoms with Crippen molar-refractivity contribution < 1.29 is 4.79 Å². The summed E-state index contributed by atoms with van der Waals surface area (Å²) in [6.45, 7) is 7.11. The lowest BCUT2D eigenvalue weighted by Gasteiger charge is -2.37. The van der Waals surface area contributed by atoms with Gasteiger partial charge in [-0.25, -0.2) is 0 Å². The molecular weight excluding hydrogens is 365 g/mol. The molecule has 7 heteroatoms. The average molecular weight is 386 g/mol. The van der Waals surface area contributed by atoms with Crippen molar-refractivity contribution >= 4 is 46.4 Å². The van der Waals surface area contributed by atoms with E-state index in [1.165, 1.54) is 0 Å². The molecule has 0 radical (unpaired) electrons. The van der Waals surface area contributed by atoms with Crippen LogP contribution in [0.3, 0.4) is 0 Å². The summed E-state index contributed by atoms with van der Waals surface area (Å²) < 4.78 is 0. The Morgan fingerprint density at radius 1 is 1.33 bits per heavy atom. The van der Waals surface area contributed by atoms with Crippen LogP contribution in [0.5, 0.6) is 0 Å². The number of allylic oxidation sites excluding steroid dienone is 1. The molecule has 0 aliphatic carbocycles. The molecule has 2 rings (SSSR count). The van der Waals surface area contributed by atoms with Gasteiger partial charge in [-0.3, -0.25) is 4.79 Å². The zero-order valence-electron chi connectivity index (χ0n) is 14.2. The molecule has 4 nitrogen and oxygen atoms in total. The van der Waals surface area contributed by atoms with Gasteiger partial charge < -0.3 is 15.1 Å². The molecule has 1 aliphatic heterocycles. The Kier molecular flexibility index (Phi) is 6.12. The molecule has 0 saturated carbocycles. The molecule has 1 unspecified atom stereocenters. The van der Waals surface area contributed by atoms with Crippen molar-refractivity contribution in [1.82, 2.24) is 15.1 Å². The smallest absolute Gasteiger partial charge is 0.253 e. The van der Waals surface area contributed by atoms with Gasteiger partial charge in [0.25, 0.3) is 5.91 Å². The van der Waals surface area contributed by atoms with E-state index >= 15 is 0 Å². The standard InChI is InChI=1S/C17H21Cl2N3OS/c1-5-22(6-2)16(23)14-10(3)21(4)17(24)20-15(14)12-8-7-11(18)9-13(12)19/h7-9,15H,5-6H2,1-4H3,(H,20,24). The van der Waals surface area contributed by atoms with Crippen LogP contribution in [0.25, 0.3) is 0 Å². The van der Waals surface area contributed by atoms with Gasteiger partial charge in [-0.1, -0.05) is 29.3 Å². The number of thiocarbonyl (C=S) groups is 1. The van der Waals surface area contributed by atoms with E-state index < -0.39 is 6.04 Å². The van der Waals surface area contributed by atoms with Gasteiger partial charge in [-0.05, 0) is 50.7 Å². The van der Waals surface area contributed by atoms with Crippen molar-refractivity contribution in [3.05, 3.63) is 45.1 Å². The van der Waals surface area contributed by atoms with Crippen LogP contribution >= 0.6 is 35.4 Å². The van der Waals surface area contributed by atoms with Crippen LogP contribution in [0.2, 0.25) is 10.0 Å². The summed E-state index contributed by atoms with van der Waals surface area (Å²) in [5, 5.41) is 4.84. The van der Waals surface area contributed by atoms with E-state index in [0.29, 0.717) is 33.8 Å². The fourth-order valence-corrected chi connectivity index (χ4v) is 3.54. The fourth-order valence-electron chi connectivity index (χ4n) is 2.76. The van der Waals surface area contributed by atoms with E-state index in [1.54, 1.807) is 17.0 Å². The number of nitrogens with one attached hydrogen (secondary N) is 1. The molecule has 0 aromatic heterocycles. The number of rotatable bonds is 4. The second kappa shape index (κ2) is 7.72. The third-order valence-corrected chi connectivity index (χ3v) is 5.26. The normalized spacial score (nSPS) is 17.8. The van der Waals surface area contributed by atoms with Crippen molar-refractivity contribution in [2.24, 2.45) is 0 Å². The van der Waals surface area contributed by atoms with Crippen molar-refractivity contribution in [3.8, 4) is 0 Å². The van der Waals surface area contributed by atoms with Gasteiger partial charge in [0.2, 0.25) is 0 Å². The Labute approximate surface area is 158 Å². The highest BCUT2D eigenvalue weighted by Gasteiger charge is 2.35. The maximum atomic E-state index is 13.1. The number of carbonyl (C=O) groups is 1. The van der Waals surface area contributed by atoms with Crippen LogP contribution in [0, 0.1) is 0 Å². The van der Waals surface area contributed by atoms with Crippen molar-refractivity contribution in [2.45, 2.75) is 26.8 Å². The number of hydrogen-bond acceptors (Lipinski definition) is 2. The molecule has 0 fully saturated rings. The lowest BCUT2D eigenvalue weighted by atomic mass is 9.94. The lowest BCUT2D eigenvalue weighted by molar-refractivity contribution is -0.127. The largest absolute Gasteiger partial charge is 0.351 e. The molecule has 24 heavy (non-hydrogen) atoms. The van der Waals surface area contributed by atoms with E-state index in [1.807, 2.05) is 38.8 Å². The number of hydrogen-bond donors (Lipinski definition) is 1. The monoisotopic (exact) mass is 385 g/mol. The van der Waals surface area contributed by atoms with Crippen molar-refractivity contribution in [1.29, 1.82) is 0 Å². The maximum absolute atomic E-state index is 13.1. The van der Waals surface area contributed by atoms with Crippen LogP contribution in [0.4, 0.5) is 0 Å². The van der Waals surface area contributed by atoms with Crippen molar-refractivity contribution in [3.63, 3.8) is 0 Å². The van der Waals surface area contributed by atoms with Gasteiger partial charge in [-0.15, -0.1) is 0 Å². The molecule has 1 atom stereocenters. The van der Waals surface area contributed by atoms with Crippen LogP contribution in [-0.2, 0) is 4.79 Å². The first kappa shape index (κ1) is 19.0. The van der Waals surface area contributed by atoms with Gasteiger partial charge in [0.1, 0.15) is 0 Å². The van der Waals surface area contributed by atoms with E-state index in [9.17, 15) is 4.79 Å². The third kappa shape index (κ3) is 3.53. The van der Waals surface area contributed by atoms with Gasteiger partial charge >= 0.3 is 0 Å². The average Bonchev–Trinajstić information content (AvgIpc) is 2.53. The number of likely N-dealkylation sites (N-methyl/N-ethyl adjacent to an activating group) is 1. The summed E-state index contributed by atoms with van der Waals surface area (Å²) >= 11 is 17.8. The van der Waals surface area contributed by atoms with E-state index in [4.69, 9.17) is 35.4 Å². The second-order valence-corrected chi connectivity index (χ2v) is 6.81. The SMILES string of the molecule is CCN(CC)C(=O)C1=C(C)N(C)C(=S)NC1c1ccc(Cl)cc1Cl. The number of benzene rings is 1. The van der Waals surface area contributed by atoms with Gasteiger partial charge in [-0.2, -0.15) is 0 Å². The van der Waals surface area contributed by atoms with Crippen molar-refractivity contribution in [2.75, 3.05) is 20.1 Å². The summed E-state index contributed by atoms with van der Waals surface area (Å²) in [5.74, 6) is -0.0182. The minimum absolute atomic E-state index is 0.0182. The van der Waals surface area contributed by atoms with Gasteiger partial charge in [0.05, 0.1) is 11.6 Å². The van der Waals surface area contributed by atoms with E-state index in [-0.39, 0.29) is 5.91 Å². The minimum atomic E-state index is -0.397. The molecular formula is C17H21Cl2N3OS. The zero-order valence-corrected chi connectivity index (χ0v) is 16.5. The topological polar surface area (TPSA) is 35.6 Å².